The third-order valence-electron chi connectivity index (χ3n) is 17.8. The second-order valence-electron chi connectivity index (χ2n) is 22.6. The third kappa shape index (κ3) is 8.65. The minimum Gasteiger partial charge on any atom is -0.368 e. The summed E-state index contributed by atoms with van der Waals surface area (Å²) in [6, 6.07) is 20.9. The van der Waals surface area contributed by atoms with Gasteiger partial charge in [-0.25, -0.2) is 14.4 Å². The molecule has 5 fully saturated rings. The number of anilines is 4. The molecule has 1 atom stereocenters. The van der Waals surface area contributed by atoms with Gasteiger partial charge in [-0.2, -0.15) is 0 Å². The zero-order valence-corrected chi connectivity index (χ0v) is 44.7. The molecule has 3 aromatic heterocycles. The Bertz CT molecular complexity index is 3560. The SMILES string of the molecule is CC(C)n1cnc2cc(-c3ccc4c(c3)N([C@H]3C[C@@H](N5CCCCC5)C3)C(=O)C43CCN(C(=O)c4ccc(C(=O)N5CCN(c6ccc7c(c6)C(=O)N(C6CCC(=O)NC6=O)C7=O)CC5)cc4)CC3)nc(Nc3ccncc3F)c21. The lowest BCUT2D eigenvalue weighted by atomic mass is 9.73. The average molecular weight is 1080 g/mol. The molecular weight excluding hydrogens is 1020 g/mol. The van der Waals surface area contributed by atoms with Gasteiger partial charge in [0, 0.05) is 98.1 Å². The Morgan fingerprint density at radius 3 is 2.14 bits per heavy atom. The molecule has 9 heterocycles. The second kappa shape index (κ2) is 20.1. The van der Waals surface area contributed by atoms with E-state index in [9.17, 15) is 28.8 Å². The van der Waals surface area contributed by atoms with Gasteiger partial charge in [-0.15, -0.1) is 0 Å². The van der Waals surface area contributed by atoms with Crippen molar-refractivity contribution in [1.29, 1.82) is 0 Å². The van der Waals surface area contributed by atoms with E-state index in [2.05, 4.69) is 51.4 Å². The maximum atomic E-state index is 15.3. The highest BCUT2D eigenvalue weighted by atomic mass is 19.1. The molecule has 0 radical (unpaired) electrons. The van der Waals surface area contributed by atoms with Gasteiger partial charge in [-0.1, -0.05) is 18.6 Å². The second-order valence-corrected chi connectivity index (χ2v) is 22.6. The van der Waals surface area contributed by atoms with Crippen LogP contribution < -0.4 is 20.4 Å². The van der Waals surface area contributed by atoms with Crippen molar-refractivity contribution in [2.24, 2.45) is 0 Å². The highest BCUT2D eigenvalue weighted by Crippen LogP contribution is 2.52. The zero-order chi connectivity index (χ0) is 55.1. The Hall–Kier alpha value is -8.39. The average Bonchev–Trinajstić information content (AvgIpc) is 4.04. The number of fused-ring (bicyclic) bond motifs is 4. The minimum atomic E-state index is -1.05. The van der Waals surface area contributed by atoms with Gasteiger partial charge < -0.3 is 34.4 Å². The van der Waals surface area contributed by atoms with Crippen LogP contribution >= 0.6 is 0 Å². The summed E-state index contributed by atoms with van der Waals surface area (Å²) in [5.41, 5.74) is 6.14. The summed E-state index contributed by atoms with van der Waals surface area (Å²) in [7, 11) is 0. The van der Waals surface area contributed by atoms with Gasteiger partial charge >= 0.3 is 0 Å². The molecule has 20 heteroatoms. The van der Waals surface area contributed by atoms with E-state index in [1.54, 1.807) is 59.8 Å². The number of piperidine rings is 3. The number of nitrogens with zero attached hydrogens (tertiary/aromatic N) is 10. The molecule has 80 heavy (non-hydrogen) atoms. The first-order valence-electron chi connectivity index (χ1n) is 28.0. The molecule has 7 amide bonds. The van der Waals surface area contributed by atoms with Crippen molar-refractivity contribution in [3.05, 3.63) is 125 Å². The van der Waals surface area contributed by atoms with Crippen LogP contribution in [0.1, 0.15) is 125 Å². The van der Waals surface area contributed by atoms with Crippen LogP contribution in [-0.4, -0.2) is 151 Å². The number of hydrogen-bond donors (Lipinski definition) is 2. The molecule has 1 saturated carbocycles. The monoisotopic (exact) mass is 1080 g/mol. The number of nitrogens with one attached hydrogen (secondary N) is 2. The number of aromatic nitrogens is 4. The summed E-state index contributed by atoms with van der Waals surface area (Å²) in [4.78, 5) is 119. The largest absolute Gasteiger partial charge is 0.368 e. The van der Waals surface area contributed by atoms with E-state index in [-0.39, 0.29) is 59.5 Å². The van der Waals surface area contributed by atoms with Crippen LogP contribution in [0.2, 0.25) is 0 Å². The summed E-state index contributed by atoms with van der Waals surface area (Å²) in [6.45, 7) is 8.75. The smallest absolute Gasteiger partial charge is 0.262 e. The number of hydrogen-bond acceptors (Lipinski definition) is 13. The van der Waals surface area contributed by atoms with Crippen LogP contribution in [-0.2, 0) is 19.8 Å². The molecule has 1 unspecified atom stereocenters. The van der Waals surface area contributed by atoms with Crippen molar-refractivity contribution in [2.75, 3.05) is 67.5 Å². The van der Waals surface area contributed by atoms with Gasteiger partial charge in [0.2, 0.25) is 17.7 Å². The molecule has 19 nitrogen and oxygen atoms in total. The Labute approximate surface area is 461 Å². The lowest BCUT2D eigenvalue weighted by Gasteiger charge is -2.48. The van der Waals surface area contributed by atoms with Crippen molar-refractivity contribution < 1.29 is 38.0 Å². The van der Waals surface area contributed by atoms with Crippen LogP contribution in [0.25, 0.3) is 22.3 Å². The van der Waals surface area contributed by atoms with Gasteiger partial charge in [-0.3, -0.25) is 48.8 Å². The third-order valence-corrected chi connectivity index (χ3v) is 17.8. The predicted molar refractivity (Wildman–Crippen MR) is 295 cm³/mol. The summed E-state index contributed by atoms with van der Waals surface area (Å²) in [5.74, 6) is -2.55. The number of amides is 7. The van der Waals surface area contributed by atoms with Gasteiger partial charge in [0.05, 0.1) is 46.0 Å². The first-order valence-corrected chi connectivity index (χ1v) is 28.0. The number of benzene rings is 3. The topological polar surface area (TPSA) is 207 Å². The number of carbonyl (C=O) groups excluding carboxylic acids is 7. The number of carbonyl (C=O) groups is 7. The lowest BCUT2D eigenvalue weighted by Crippen LogP contribution is -2.58. The normalized spacial score (nSPS) is 22.1. The molecule has 1 aliphatic carbocycles. The summed E-state index contributed by atoms with van der Waals surface area (Å²) in [5, 5.41) is 5.45. The lowest BCUT2D eigenvalue weighted by molar-refractivity contribution is -0.136. The van der Waals surface area contributed by atoms with Crippen LogP contribution in [0.15, 0.2) is 91.5 Å². The number of halogens is 1. The van der Waals surface area contributed by atoms with E-state index >= 15 is 9.18 Å². The molecule has 7 aliphatic rings. The quantitative estimate of drug-likeness (QED) is 0.135. The molecule has 410 valence electrons. The van der Waals surface area contributed by atoms with Crippen molar-refractivity contribution in [3.8, 4) is 11.3 Å². The van der Waals surface area contributed by atoms with Crippen LogP contribution in [0.3, 0.4) is 0 Å². The number of likely N-dealkylation sites (tertiary alicyclic amines) is 2. The molecule has 3 aromatic carbocycles. The van der Waals surface area contributed by atoms with Crippen molar-refractivity contribution in [2.45, 2.75) is 101 Å². The van der Waals surface area contributed by atoms with E-state index in [0.717, 1.165) is 59.4 Å². The molecule has 0 bridgehead atoms. The standard InChI is InChI=1S/C60H61FN12O7/c1-35(2)71-34-63-48-32-47(65-53(52(48)71)64-46-16-19-62-33-45(46)61)38-10-13-44-50(28-38)72(41-29-40(30-41)67-20-4-3-5-21-67)59(80)60(44)17-22-69(23-18-60)55(76)36-6-8-37(9-7-36)56(77)70-26-24-68(25-27-70)39-11-12-42-43(31-39)58(79)73(57(42)78)49-14-15-51(74)66-54(49)75/h6-13,16,19,28,31-35,40-41,49H,3-5,14-15,17-18,20-27,29-30H2,1-2H3,(H,62,64,65)(H,66,74,75)/t40-,41+,49?. The Morgan fingerprint density at radius 1 is 0.750 bits per heavy atom. The number of piperazine rings is 1. The summed E-state index contributed by atoms with van der Waals surface area (Å²) >= 11 is 0. The van der Waals surface area contributed by atoms with Crippen LogP contribution in [0.4, 0.5) is 27.3 Å². The van der Waals surface area contributed by atoms with E-state index in [1.165, 1.54) is 25.5 Å². The fourth-order valence-electron chi connectivity index (χ4n) is 13.3. The number of imidazole rings is 1. The fraction of sp³-hybridized carbons (Fsp3) is 0.400. The maximum absolute atomic E-state index is 15.3. The molecule has 13 rings (SSSR count). The van der Waals surface area contributed by atoms with E-state index in [0.29, 0.717) is 92.0 Å². The molecule has 2 N–H and O–H groups in total. The first kappa shape index (κ1) is 51.1. The molecular formula is C60H61FN12O7. The minimum absolute atomic E-state index is 0.0305. The molecule has 6 aliphatic heterocycles. The van der Waals surface area contributed by atoms with Crippen molar-refractivity contribution in [1.82, 2.24) is 44.4 Å². The van der Waals surface area contributed by atoms with Gasteiger partial charge in [-0.05, 0) is 138 Å². The highest BCUT2D eigenvalue weighted by molar-refractivity contribution is 6.24. The maximum Gasteiger partial charge on any atom is 0.262 e. The van der Waals surface area contributed by atoms with Gasteiger partial charge in [0.1, 0.15) is 11.6 Å². The van der Waals surface area contributed by atoms with Crippen molar-refractivity contribution >= 4 is 75.3 Å². The van der Waals surface area contributed by atoms with E-state index in [1.807, 2.05) is 26.5 Å². The van der Waals surface area contributed by atoms with Gasteiger partial charge in [0.15, 0.2) is 11.6 Å². The number of pyridine rings is 2. The number of imide groups is 2. The van der Waals surface area contributed by atoms with Crippen LogP contribution in [0, 0.1) is 5.82 Å². The van der Waals surface area contributed by atoms with Crippen molar-refractivity contribution in [3.63, 3.8) is 0 Å². The van der Waals surface area contributed by atoms with Gasteiger partial charge in [0.25, 0.3) is 23.6 Å². The highest BCUT2D eigenvalue weighted by Gasteiger charge is 2.56. The zero-order valence-electron chi connectivity index (χ0n) is 44.7. The predicted octanol–water partition coefficient (Wildman–Crippen LogP) is 6.86. The van der Waals surface area contributed by atoms with Crippen LogP contribution in [0.5, 0.6) is 0 Å². The molecule has 6 aromatic rings. The first-order chi connectivity index (χ1) is 38.7. The summed E-state index contributed by atoms with van der Waals surface area (Å²) < 4.78 is 17.1. The Morgan fingerprint density at radius 2 is 1.45 bits per heavy atom. The summed E-state index contributed by atoms with van der Waals surface area (Å²) in [6.07, 6.45) is 10.9. The molecule has 1 spiro atoms. The Balaban J connectivity index is 0.693. The molecule has 4 saturated heterocycles. The van der Waals surface area contributed by atoms with E-state index < -0.39 is 40.9 Å². The number of rotatable bonds is 10. The Kier molecular flexibility index (Phi) is 12.8. The fourth-order valence-corrected chi connectivity index (χ4v) is 13.3. The van der Waals surface area contributed by atoms with E-state index in [4.69, 9.17) is 9.97 Å².